The van der Waals surface area contributed by atoms with E-state index in [1.165, 1.54) is 11.1 Å². The standard InChI is InChI=1S/C24H39NO3S/c1-5-7-9-15-25(16-10-8-6-2)24(28)21(12-14-23(26)27)18-29-22-13-11-19(3)20(4)17-22/h11,13,17,21H,5-10,12,14-16,18H2,1-4H3,(H,26,27). The molecule has 0 bridgehead atoms. The Labute approximate surface area is 181 Å². The van der Waals surface area contributed by atoms with Crippen molar-refractivity contribution in [1.29, 1.82) is 0 Å². The fourth-order valence-corrected chi connectivity index (χ4v) is 4.40. The Hall–Kier alpha value is -1.49. The molecule has 4 nitrogen and oxygen atoms in total. The molecule has 0 aromatic heterocycles. The SMILES string of the molecule is CCCCCN(CCCCC)C(=O)C(CCC(=O)O)CSc1ccc(C)c(C)c1. The van der Waals surface area contributed by atoms with E-state index < -0.39 is 5.97 Å². The number of aryl methyl sites for hydroxylation is 2. The Morgan fingerprint density at radius 2 is 1.62 bits per heavy atom. The van der Waals surface area contributed by atoms with Crippen molar-refractivity contribution >= 4 is 23.6 Å². The lowest BCUT2D eigenvalue weighted by molar-refractivity contribution is -0.138. The predicted molar refractivity (Wildman–Crippen MR) is 123 cm³/mol. The molecule has 0 radical (unpaired) electrons. The van der Waals surface area contributed by atoms with Gasteiger partial charge in [0, 0.05) is 36.1 Å². The molecule has 0 fully saturated rings. The number of carbonyl (C=O) groups is 2. The summed E-state index contributed by atoms with van der Waals surface area (Å²) in [4.78, 5) is 27.6. The van der Waals surface area contributed by atoms with Gasteiger partial charge < -0.3 is 10.0 Å². The highest BCUT2D eigenvalue weighted by Gasteiger charge is 2.25. The number of hydrogen-bond acceptors (Lipinski definition) is 3. The molecule has 1 unspecified atom stereocenters. The Bertz CT molecular complexity index is 623. The van der Waals surface area contributed by atoms with Gasteiger partial charge in [0.25, 0.3) is 0 Å². The van der Waals surface area contributed by atoms with E-state index in [9.17, 15) is 9.59 Å². The molecule has 0 spiro atoms. The summed E-state index contributed by atoms with van der Waals surface area (Å²) in [6.45, 7) is 10.1. The maximum absolute atomic E-state index is 13.3. The summed E-state index contributed by atoms with van der Waals surface area (Å²) >= 11 is 1.67. The quantitative estimate of drug-likeness (QED) is 0.275. The molecule has 1 amide bonds. The van der Waals surface area contributed by atoms with Gasteiger partial charge in [0.2, 0.25) is 5.91 Å². The van der Waals surface area contributed by atoms with Crippen molar-refractivity contribution in [1.82, 2.24) is 4.90 Å². The largest absolute Gasteiger partial charge is 0.481 e. The highest BCUT2D eigenvalue weighted by atomic mass is 32.2. The summed E-state index contributed by atoms with van der Waals surface area (Å²) in [5.41, 5.74) is 2.50. The predicted octanol–water partition coefficient (Wildman–Crippen LogP) is 6.09. The lowest BCUT2D eigenvalue weighted by Gasteiger charge is -2.27. The third-order valence-corrected chi connectivity index (χ3v) is 6.52. The molecule has 1 N–H and O–H groups in total. The van der Waals surface area contributed by atoms with Crippen LogP contribution in [0.15, 0.2) is 23.1 Å². The number of amides is 1. The number of hydrogen-bond donors (Lipinski definition) is 1. The van der Waals surface area contributed by atoms with Crippen molar-refractivity contribution in [2.45, 2.75) is 84.0 Å². The summed E-state index contributed by atoms with van der Waals surface area (Å²) in [6, 6.07) is 6.35. The molecule has 1 rings (SSSR count). The van der Waals surface area contributed by atoms with Crippen LogP contribution in [0.5, 0.6) is 0 Å². The lowest BCUT2D eigenvalue weighted by atomic mass is 10.0. The molecule has 0 aliphatic heterocycles. The van der Waals surface area contributed by atoms with Gasteiger partial charge in [0.15, 0.2) is 0 Å². The molecule has 0 saturated heterocycles. The third kappa shape index (κ3) is 10.2. The molecule has 0 heterocycles. The number of carboxylic acid groups (broad SMARTS) is 1. The smallest absolute Gasteiger partial charge is 0.303 e. The number of benzene rings is 1. The Morgan fingerprint density at radius 3 is 2.14 bits per heavy atom. The molecular weight excluding hydrogens is 382 g/mol. The van der Waals surface area contributed by atoms with Crippen LogP contribution in [0.25, 0.3) is 0 Å². The van der Waals surface area contributed by atoms with Crippen LogP contribution in [0.3, 0.4) is 0 Å². The van der Waals surface area contributed by atoms with Crippen molar-refractivity contribution in [3.63, 3.8) is 0 Å². The maximum Gasteiger partial charge on any atom is 0.303 e. The molecule has 1 aromatic carbocycles. The number of unbranched alkanes of at least 4 members (excludes halogenated alkanes) is 4. The Kier molecular flexibility index (Phi) is 12.8. The third-order valence-electron chi connectivity index (χ3n) is 5.36. The Balaban J connectivity index is 2.83. The molecule has 164 valence electrons. The van der Waals surface area contributed by atoms with Crippen molar-refractivity contribution in [3.8, 4) is 0 Å². The van der Waals surface area contributed by atoms with Crippen LogP contribution >= 0.6 is 11.8 Å². The number of aliphatic carboxylic acids is 1. The number of thioether (sulfide) groups is 1. The average Bonchev–Trinajstić information content (AvgIpc) is 2.69. The van der Waals surface area contributed by atoms with Gasteiger partial charge in [-0.15, -0.1) is 11.8 Å². The van der Waals surface area contributed by atoms with Crippen LogP contribution in [0.2, 0.25) is 0 Å². The van der Waals surface area contributed by atoms with E-state index in [-0.39, 0.29) is 18.2 Å². The molecular formula is C24H39NO3S. The highest BCUT2D eigenvalue weighted by Crippen LogP contribution is 2.26. The minimum Gasteiger partial charge on any atom is -0.481 e. The average molecular weight is 422 g/mol. The lowest BCUT2D eigenvalue weighted by Crippen LogP contribution is -2.39. The zero-order chi connectivity index (χ0) is 21.6. The fraction of sp³-hybridized carbons (Fsp3) is 0.667. The number of nitrogens with zero attached hydrogens (tertiary/aromatic N) is 1. The molecule has 0 saturated carbocycles. The monoisotopic (exact) mass is 421 g/mol. The van der Waals surface area contributed by atoms with E-state index in [4.69, 9.17) is 5.11 Å². The highest BCUT2D eigenvalue weighted by molar-refractivity contribution is 7.99. The minimum absolute atomic E-state index is 0.0433. The van der Waals surface area contributed by atoms with E-state index in [1.54, 1.807) is 11.8 Å². The van der Waals surface area contributed by atoms with Crippen molar-refractivity contribution in [3.05, 3.63) is 29.3 Å². The van der Waals surface area contributed by atoms with Crippen LogP contribution < -0.4 is 0 Å². The summed E-state index contributed by atoms with van der Waals surface area (Å²) in [5, 5.41) is 9.15. The van der Waals surface area contributed by atoms with E-state index in [2.05, 4.69) is 45.9 Å². The summed E-state index contributed by atoms with van der Waals surface area (Å²) in [6.07, 6.45) is 6.98. The van der Waals surface area contributed by atoms with Crippen molar-refractivity contribution in [2.24, 2.45) is 5.92 Å². The van der Waals surface area contributed by atoms with E-state index >= 15 is 0 Å². The van der Waals surface area contributed by atoms with Gasteiger partial charge in [-0.3, -0.25) is 9.59 Å². The molecule has 0 aliphatic carbocycles. The van der Waals surface area contributed by atoms with Crippen LogP contribution in [0, 0.1) is 19.8 Å². The topological polar surface area (TPSA) is 57.6 Å². The number of rotatable bonds is 15. The van der Waals surface area contributed by atoms with Crippen molar-refractivity contribution < 1.29 is 14.7 Å². The fourth-order valence-electron chi connectivity index (χ4n) is 3.27. The van der Waals surface area contributed by atoms with Gasteiger partial charge in [-0.1, -0.05) is 45.6 Å². The summed E-state index contributed by atoms with van der Waals surface area (Å²) in [7, 11) is 0. The van der Waals surface area contributed by atoms with Crippen LogP contribution in [0.4, 0.5) is 0 Å². The van der Waals surface area contributed by atoms with Crippen LogP contribution in [-0.2, 0) is 9.59 Å². The zero-order valence-corrected chi connectivity index (χ0v) is 19.5. The molecule has 5 heteroatoms. The van der Waals surface area contributed by atoms with Gasteiger partial charge in [-0.05, 0) is 56.4 Å². The van der Waals surface area contributed by atoms with E-state index in [0.717, 1.165) is 56.5 Å². The first-order valence-corrected chi connectivity index (χ1v) is 12.1. The maximum atomic E-state index is 13.3. The van der Waals surface area contributed by atoms with Gasteiger partial charge in [0.05, 0.1) is 0 Å². The van der Waals surface area contributed by atoms with E-state index in [1.807, 2.05) is 4.90 Å². The van der Waals surface area contributed by atoms with E-state index in [0.29, 0.717) is 12.2 Å². The van der Waals surface area contributed by atoms with Gasteiger partial charge >= 0.3 is 5.97 Å². The van der Waals surface area contributed by atoms with Crippen molar-refractivity contribution in [2.75, 3.05) is 18.8 Å². The van der Waals surface area contributed by atoms with Gasteiger partial charge in [-0.2, -0.15) is 0 Å². The van der Waals surface area contributed by atoms with Crippen LogP contribution in [-0.4, -0.2) is 40.7 Å². The normalized spacial score (nSPS) is 12.0. The minimum atomic E-state index is -0.831. The second-order valence-corrected chi connectivity index (χ2v) is 9.02. The summed E-state index contributed by atoms with van der Waals surface area (Å²) < 4.78 is 0. The Morgan fingerprint density at radius 1 is 1.00 bits per heavy atom. The first-order valence-electron chi connectivity index (χ1n) is 11.1. The molecule has 1 atom stereocenters. The molecule has 29 heavy (non-hydrogen) atoms. The first kappa shape index (κ1) is 25.5. The number of carboxylic acids is 1. The zero-order valence-electron chi connectivity index (χ0n) is 18.7. The molecule has 1 aromatic rings. The first-order chi connectivity index (χ1) is 13.9. The summed E-state index contributed by atoms with van der Waals surface area (Å²) in [5.74, 6) is -0.314. The van der Waals surface area contributed by atoms with Crippen LogP contribution in [0.1, 0.15) is 76.3 Å². The van der Waals surface area contributed by atoms with Gasteiger partial charge in [-0.25, -0.2) is 0 Å². The van der Waals surface area contributed by atoms with Gasteiger partial charge in [0.1, 0.15) is 0 Å². The second-order valence-electron chi connectivity index (χ2n) is 7.93. The second kappa shape index (κ2) is 14.5. The number of carbonyl (C=O) groups excluding carboxylic acids is 1. The molecule has 0 aliphatic rings.